The van der Waals surface area contributed by atoms with Crippen molar-refractivity contribution < 1.29 is 156 Å². The van der Waals surface area contributed by atoms with E-state index in [1.165, 1.54) is 0 Å². The maximum Gasteiger partial charge on any atom is 0.397 e. The number of aliphatic hydroxyl groups excluding tert-OH is 15. The number of ether oxygens (including phenoxy) is 7. The summed E-state index contributed by atoms with van der Waals surface area (Å²) in [5.74, 6) is -13.1. The summed E-state index contributed by atoms with van der Waals surface area (Å²) >= 11 is 0. The van der Waals surface area contributed by atoms with Gasteiger partial charge < -0.3 is 131 Å². The van der Waals surface area contributed by atoms with E-state index in [2.05, 4.69) is 9.50 Å². The monoisotopic (exact) mass is 1040 g/mol. The molecule has 0 saturated carbocycles. The molecule has 2 amide bonds. The Morgan fingerprint density at radius 2 is 1.01 bits per heavy atom. The Morgan fingerprint density at radius 1 is 0.609 bits per heavy atom. The van der Waals surface area contributed by atoms with Crippen LogP contribution < -0.4 is 10.6 Å². The molecule has 69 heavy (non-hydrogen) atoms. The summed E-state index contributed by atoms with van der Waals surface area (Å²) < 4.78 is 73.9. The molecule has 4 aliphatic rings. The van der Waals surface area contributed by atoms with E-state index in [1.54, 1.807) is 0 Å². The minimum Gasteiger partial charge on any atom is -0.477 e. The van der Waals surface area contributed by atoms with Crippen molar-refractivity contribution >= 4 is 34.2 Å². The maximum absolute atomic E-state index is 12.8. The van der Waals surface area contributed by atoms with Crippen molar-refractivity contribution in [2.45, 2.75) is 147 Å². The van der Waals surface area contributed by atoms with Gasteiger partial charge in [0.2, 0.25) is 11.8 Å². The number of carbonyl (C=O) groups excluding carboxylic acids is 2. The molecular weight excluding hydrogens is 980 g/mol. The topological polar surface area (TPSA) is 564 Å². The highest BCUT2D eigenvalue weighted by Crippen LogP contribution is 2.38. The first-order valence-corrected chi connectivity index (χ1v) is 21.7. The third-order valence-corrected chi connectivity index (χ3v) is 11.9. The van der Waals surface area contributed by atoms with Gasteiger partial charge in [0, 0.05) is 12.8 Å². The van der Waals surface area contributed by atoms with Crippen molar-refractivity contribution in [1.82, 2.24) is 10.6 Å². The third-order valence-electron chi connectivity index (χ3n) is 11.4. The minimum absolute atomic E-state index is 1.09. The largest absolute Gasteiger partial charge is 0.477 e. The lowest BCUT2D eigenvalue weighted by Crippen LogP contribution is -2.69. The second-order valence-electron chi connectivity index (χ2n) is 16.1. The molecule has 35 heteroatoms. The number of nitrogens with one attached hydrogen (secondary N) is 2. The first-order valence-electron chi connectivity index (χ1n) is 20.3. The van der Waals surface area contributed by atoms with Crippen LogP contribution in [-0.4, -0.2) is 297 Å². The molecule has 0 radical (unpaired) electrons. The van der Waals surface area contributed by atoms with E-state index in [0.717, 1.165) is 0 Å². The van der Waals surface area contributed by atoms with Crippen molar-refractivity contribution in [3.8, 4) is 0 Å². The molecule has 4 saturated heterocycles. The number of aliphatic carboxylic acids is 2. The molecule has 4 aliphatic heterocycles. The van der Waals surface area contributed by atoms with E-state index in [0.29, 0.717) is 0 Å². The van der Waals surface area contributed by atoms with Crippen LogP contribution in [0.25, 0.3) is 0 Å². The van der Waals surface area contributed by atoms with Crippen LogP contribution in [-0.2, 0) is 66.9 Å². The van der Waals surface area contributed by atoms with Gasteiger partial charge in [-0.1, -0.05) is 0 Å². The van der Waals surface area contributed by atoms with Gasteiger partial charge >= 0.3 is 22.3 Å². The fraction of sp³-hybridized carbons (Fsp3) is 0.882. The molecule has 0 unspecified atom stereocenters. The Kier molecular flexibility index (Phi) is 20.4. The predicted molar refractivity (Wildman–Crippen MR) is 205 cm³/mol. The summed E-state index contributed by atoms with van der Waals surface area (Å²) in [6, 6.07) is -3.89. The molecule has 0 bridgehead atoms. The number of hydrogen-bond donors (Lipinski definition) is 20. The van der Waals surface area contributed by atoms with Crippen LogP contribution in [0.5, 0.6) is 0 Å². The van der Waals surface area contributed by atoms with E-state index in [4.69, 9.17) is 37.7 Å². The Labute approximate surface area is 387 Å². The molecule has 22 atom stereocenters. The van der Waals surface area contributed by atoms with Gasteiger partial charge in [0.05, 0.1) is 50.7 Å². The summed E-state index contributed by atoms with van der Waals surface area (Å²) in [6.45, 7) is -7.74. The Balaban J connectivity index is 1.61. The molecule has 400 valence electrons. The molecule has 0 aliphatic carbocycles. The lowest BCUT2D eigenvalue weighted by molar-refractivity contribution is -0.354. The van der Waals surface area contributed by atoms with E-state index < -0.39 is 221 Å². The van der Waals surface area contributed by atoms with Gasteiger partial charge in [0.15, 0.2) is 12.6 Å². The van der Waals surface area contributed by atoms with Crippen molar-refractivity contribution in [3.63, 3.8) is 0 Å². The number of rotatable bonds is 22. The van der Waals surface area contributed by atoms with Crippen LogP contribution in [0.1, 0.15) is 12.8 Å². The molecule has 4 heterocycles. The highest BCUT2D eigenvalue weighted by molar-refractivity contribution is 7.80. The van der Waals surface area contributed by atoms with Gasteiger partial charge in [0.1, 0.15) is 98.7 Å². The van der Waals surface area contributed by atoms with Crippen LogP contribution in [0.2, 0.25) is 0 Å². The van der Waals surface area contributed by atoms with E-state index in [1.807, 2.05) is 5.32 Å². The van der Waals surface area contributed by atoms with Crippen LogP contribution >= 0.6 is 0 Å². The normalized spacial score (nSPS) is 40.5. The molecule has 20 N–H and O–H groups in total. The third kappa shape index (κ3) is 13.5. The maximum atomic E-state index is 12.8. The average Bonchev–Trinajstić information content (AvgIpc) is 3.29. The molecule has 0 aromatic heterocycles. The number of carboxylic acid groups (broad SMARTS) is 2. The SMILES string of the molecule is O=C(CO)N[C@H]1[C@H]([C@H](O)[C@@H](CO)O[C@@H]2O[C@H](CO[C@]3(C(=O)O)C[C@H](O)[C@@H](NC(=O)CO)[C@H]([C@H](O)[C@@H](CO)OS(=O)(=O)O)O3)[C@@H](O)[C@H](O)[C@H]2O)O[C@@](OC[C@H]2O[C@@H](O)[C@H](O)[C@@H](O)[C@@H]2O)(C(=O)O)C[C@@H]1O. The molecular formula is C34H56N2O32S. The van der Waals surface area contributed by atoms with Crippen LogP contribution in [0.4, 0.5) is 0 Å². The van der Waals surface area contributed by atoms with E-state index in [9.17, 15) is 114 Å². The number of carbonyl (C=O) groups is 4. The van der Waals surface area contributed by atoms with Crippen molar-refractivity contribution in [2.75, 3.05) is 39.6 Å². The molecule has 34 nitrogen and oxygen atoms in total. The second kappa shape index (κ2) is 24.1. The zero-order valence-electron chi connectivity index (χ0n) is 35.4. The summed E-state index contributed by atoms with van der Waals surface area (Å²) in [5.41, 5.74) is 0. The number of amides is 2. The summed E-state index contributed by atoms with van der Waals surface area (Å²) in [6.07, 6.45) is -42.5. The zero-order chi connectivity index (χ0) is 52.1. The molecule has 4 rings (SSSR count). The fourth-order valence-corrected chi connectivity index (χ4v) is 8.23. The zero-order valence-corrected chi connectivity index (χ0v) is 36.2. The predicted octanol–water partition coefficient (Wildman–Crippen LogP) is -13.3. The first-order chi connectivity index (χ1) is 32.1. The Hall–Kier alpha value is -3.13. The minimum atomic E-state index is -5.47. The van der Waals surface area contributed by atoms with Gasteiger partial charge in [-0.05, 0) is 0 Å². The summed E-state index contributed by atoms with van der Waals surface area (Å²) in [5, 5.41) is 181. The van der Waals surface area contributed by atoms with Gasteiger partial charge in [-0.15, -0.1) is 0 Å². The van der Waals surface area contributed by atoms with E-state index in [-0.39, 0.29) is 0 Å². The number of carboxylic acids is 2. The van der Waals surface area contributed by atoms with Crippen LogP contribution in [0, 0.1) is 0 Å². The standard InChI is InChI=1S/C34H56N2O32S/c37-3-11(21(47)27-17(35-15(43)5-39)9(41)1-33(66-27,31(54)55)61-7-13-19(45)23(49)25(51)29(53)63-13)64-30-26(52)24(50)20(46)14(65-30)8-62-34(32(56)57)2-10(42)18(36-16(44)6-40)28(67-34)22(48)12(4-38)68-69(58,59)60/h9-14,17-30,37-42,45-53H,1-8H2,(H,35,43)(H,36,44)(H,54,55)(H,56,57)(H,58,59,60)/t9-,10-,11+,12+,13+,14+,17+,18+,19+,20+,21+,22+,23-,24-,25+,26+,27+,28+,29+,30+,33+,34+/m0/s1. The summed E-state index contributed by atoms with van der Waals surface area (Å²) in [4.78, 5) is 49.9. The van der Waals surface area contributed by atoms with E-state index >= 15 is 0 Å². The first kappa shape index (κ1) is 58.4. The molecule has 4 fully saturated rings. The Bertz CT molecular complexity index is 1850. The van der Waals surface area contributed by atoms with Crippen LogP contribution in [0.3, 0.4) is 0 Å². The van der Waals surface area contributed by atoms with Gasteiger partial charge in [-0.25, -0.2) is 13.8 Å². The van der Waals surface area contributed by atoms with Gasteiger partial charge in [0.25, 0.3) is 11.6 Å². The van der Waals surface area contributed by atoms with Crippen molar-refractivity contribution in [3.05, 3.63) is 0 Å². The number of hydrogen-bond acceptors (Lipinski definition) is 29. The lowest BCUT2D eigenvalue weighted by atomic mass is 9.88. The van der Waals surface area contributed by atoms with Crippen molar-refractivity contribution in [1.29, 1.82) is 0 Å². The fourth-order valence-electron chi connectivity index (χ4n) is 7.74. The molecule has 0 spiro atoms. The second-order valence-corrected chi connectivity index (χ2v) is 17.1. The summed E-state index contributed by atoms with van der Waals surface area (Å²) in [7, 11) is -5.47. The highest BCUT2D eigenvalue weighted by Gasteiger charge is 2.60. The van der Waals surface area contributed by atoms with Gasteiger partial charge in [-0.2, -0.15) is 8.42 Å². The van der Waals surface area contributed by atoms with Crippen molar-refractivity contribution in [2.24, 2.45) is 0 Å². The van der Waals surface area contributed by atoms with Gasteiger partial charge in [-0.3, -0.25) is 14.1 Å². The highest BCUT2D eigenvalue weighted by atomic mass is 32.3. The molecule has 0 aromatic carbocycles. The Morgan fingerprint density at radius 3 is 1.41 bits per heavy atom. The lowest BCUT2D eigenvalue weighted by Gasteiger charge is -2.48. The molecule has 0 aromatic rings. The quantitative estimate of drug-likeness (QED) is 0.0448. The smallest absolute Gasteiger partial charge is 0.397 e. The van der Waals surface area contributed by atoms with Crippen LogP contribution in [0.15, 0.2) is 0 Å². The number of aliphatic hydroxyl groups is 15. The average molecular weight is 1040 g/mol.